The van der Waals surface area contributed by atoms with Gasteiger partial charge in [0.1, 0.15) is 11.9 Å². The number of hydrogen-bond donors (Lipinski definition) is 1. The zero-order valence-corrected chi connectivity index (χ0v) is 12.3. The second-order valence-corrected chi connectivity index (χ2v) is 5.79. The number of hydrogen-bond acceptors (Lipinski definition) is 7. The summed E-state index contributed by atoms with van der Waals surface area (Å²) in [4.78, 5) is 36.3. The van der Waals surface area contributed by atoms with Crippen molar-refractivity contribution in [1.29, 1.82) is 0 Å². The van der Waals surface area contributed by atoms with Gasteiger partial charge in [0, 0.05) is 36.9 Å². The van der Waals surface area contributed by atoms with E-state index in [0.29, 0.717) is 25.2 Å². The van der Waals surface area contributed by atoms with E-state index in [1.54, 1.807) is 23.4 Å². The van der Waals surface area contributed by atoms with Crippen LogP contribution in [0.5, 0.6) is 0 Å². The van der Waals surface area contributed by atoms with Gasteiger partial charge in [-0.1, -0.05) is 0 Å². The molecular weight excluding hydrogens is 298 g/mol. The topological polar surface area (TPSA) is 89.5 Å². The molecule has 4 heterocycles. The van der Waals surface area contributed by atoms with Gasteiger partial charge in [-0.2, -0.15) is 4.89 Å². The summed E-state index contributed by atoms with van der Waals surface area (Å²) in [7, 11) is -1.69. The molecule has 8 heteroatoms. The van der Waals surface area contributed by atoms with Crippen LogP contribution in [-0.2, 0) is 15.3 Å². The van der Waals surface area contributed by atoms with Crippen molar-refractivity contribution in [2.24, 2.45) is 0 Å². The van der Waals surface area contributed by atoms with Crippen LogP contribution >= 0.6 is 0 Å². The van der Waals surface area contributed by atoms with E-state index in [4.69, 9.17) is 7.63 Å². The summed E-state index contributed by atoms with van der Waals surface area (Å²) in [6.45, 7) is 1.16. The number of piperazine rings is 1. The maximum Gasteiger partial charge on any atom is 0.442 e. The van der Waals surface area contributed by atoms with E-state index in [1.165, 1.54) is 6.33 Å². The average molecular weight is 317 g/mol. The Kier molecular flexibility index (Phi) is 2.85. The van der Waals surface area contributed by atoms with Crippen molar-refractivity contribution >= 4 is 17.0 Å². The van der Waals surface area contributed by atoms with E-state index < -0.39 is 18.7 Å². The van der Waals surface area contributed by atoms with Crippen LogP contribution in [0.1, 0.15) is 21.3 Å². The summed E-state index contributed by atoms with van der Waals surface area (Å²) in [5.74, 6) is 0. The molecule has 1 amide bonds. The predicted octanol–water partition coefficient (Wildman–Crippen LogP) is 0.986. The quantitative estimate of drug-likeness (QED) is 0.652. The summed E-state index contributed by atoms with van der Waals surface area (Å²) in [6, 6.07) is 1.73. The highest BCUT2D eigenvalue weighted by Crippen LogP contribution is 2.45. The molecule has 2 atom stereocenters. The molecule has 0 spiro atoms. The van der Waals surface area contributed by atoms with E-state index in [-0.39, 0.29) is 6.04 Å². The Morgan fingerprint density at radius 2 is 2.52 bits per heavy atom. The van der Waals surface area contributed by atoms with Crippen molar-refractivity contribution in [2.75, 3.05) is 20.2 Å². The van der Waals surface area contributed by atoms with E-state index in [1.807, 2.05) is 0 Å². The van der Waals surface area contributed by atoms with Crippen molar-refractivity contribution in [3.8, 4) is 0 Å². The number of nitrogens with zero attached hydrogens (tertiary/aromatic N) is 4. The van der Waals surface area contributed by atoms with Crippen LogP contribution in [0.25, 0.3) is 10.9 Å². The molecule has 23 heavy (non-hydrogen) atoms. The third-order valence-electron chi connectivity index (χ3n) is 4.71. The smallest absolute Gasteiger partial charge is 0.312 e. The van der Waals surface area contributed by atoms with Crippen molar-refractivity contribution in [2.45, 2.75) is 24.4 Å². The van der Waals surface area contributed by atoms with Gasteiger partial charge in [-0.05, 0) is 18.9 Å². The fraction of sp³-hybridized carbons (Fsp3) is 0.467. The minimum Gasteiger partial charge on any atom is -0.312 e. The van der Waals surface area contributed by atoms with E-state index >= 15 is 0 Å². The summed E-state index contributed by atoms with van der Waals surface area (Å²) in [5, 5.41) is 4.14. The van der Waals surface area contributed by atoms with Crippen molar-refractivity contribution < 1.29 is 17.3 Å². The van der Waals surface area contributed by atoms with E-state index in [0.717, 1.165) is 17.3 Å². The Bertz CT molecular complexity index is 798. The molecule has 4 rings (SSSR count). The van der Waals surface area contributed by atoms with Crippen LogP contribution in [0.15, 0.2) is 24.8 Å². The minimum absolute atomic E-state index is 0.0681. The molecule has 0 saturated carbocycles. The van der Waals surface area contributed by atoms with Crippen molar-refractivity contribution in [1.82, 2.24) is 25.2 Å². The largest absolute Gasteiger partial charge is 0.442 e. The molecule has 2 saturated heterocycles. The van der Waals surface area contributed by atoms with Crippen molar-refractivity contribution in [3.63, 3.8) is 0 Å². The monoisotopic (exact) mass is 317 g/mol. The van der Waals surface area contributed by atoms with Gasteiger partial charge in [0.25, 0.3) is 0 Å². The number of nitrogens with one attached hydrogen (secondary N) is 1. The van der Waals surface area contributed by atoms with Crippen LogP contribution in [0.4, 0.5) is 4.79 Å². The molecule has 0 radical (unpaired) electrons. The molecule has 2 aliphatic rings. The Balaban J connectivity index is 1.78. The SMILES string of the molecule is [2H]C([2H])OOC(=O)N1C2CCC1(c1ncnc3ccncc13)CNC2. The highest BCUT2D eigenvalue weighted by molar-refractivity contribution is 5.82. The highest BCUT2D eigenvalue weighted by Gasteiger charge is 2.54. The number of rotatable bonds is 2. The van der Waals surface area contributed by atoms with Gasteiger partial charge in [-0.3, -0.25) is 14.8 Å². The highest BCUT2D eigenvalue weighted by atomic mass is 17.2. The van der Waals surface area contributed by atoms with Gasteiger partial charge in [-0.15, -0.1) is 0 Å². The molecule has 120 valence electrons. The maximum atomic E-state index is 12.6. The zero-order valence-electron chi connectivity index (χ0n) is 14.3. The van der Waals surface area contributed by atoms with Crippen LogP contribution in [0, 0.1) is 0 Å². The third kappa shape index (κ3) is 2.06. The van der Waals surface area contributed by atoms with Gasteiger partial charge in [-0.25, -0.2) is 14.8 Å². The maximum absolute atomic E-state index is 12.6. The molecule has 2 aromatic rings. The molecule has 0 aliphatic carbocycles. The number of aromatic nitrogens is 3. The molecule has 1 N–H and O–H groups in total. The molecular formula is C15H17N5O3. The Morgan fingerprint density at radius 3 is 3.43 bits per heavy atom. The number of fused-ring (bicyclic) bond motifs is 3. The fourth-order valence-electron chi connectivity index (χ4n) is 3.81. The molecule has 0 aromatic carbocycles. The molecule has 2 bridgehead atoms. The van der Waals surface area contributed by atoms with E-state index in [9.17, 15) is 4.79 Å². The summed E-state index contributed by atoms with van der Waals surface area (Å²) in [6.07, 6.45) is 5.65. The van der Waals surface area contributed by atoms with Gasteiger partial charge in [0.15, 0.2) is 0 Å². The number of carbonyl (C=O) groups is 1. The lowest BCUT2D eigenvalue weighted by Gasteiger charge is -2.43. The molecule has 8 nitrogen and oxygen atoms in total. The summed E-state index contributed by atoms with van der Waals surface area (Å²) >= 11 is 0. The van der Waals surface area contributed by atoms with Crippen LogP contribution < -0.4 is 5.32 Å². The van der Waals surface area contributed by atoms with Gasteiger partial charge >= 0.3 is 6.09 Å². The minimum atomic E-state index is -1.69. The second kappa shape index (κ2) is 5.39. The molecule has 2 unspecified atom stereocenters. The molecule has 2 aliphatic heterocycles. The first-order valence-corrected chi connectivity index (χ1v) is 7.39. The second-order valence-electron chi connectivity index (χ2n) is 5.79. The normalized spacial score (nSPS) is 27.9. The standard InChI is InChI=1S/C15H17N5O3/c1-22-23-14(21)20-10-2-4-15(20,8-17-6-10)13-11-7-16-5-3-12(11)18-9-19-13/h3,5,7,9-10,17H,2,4,6,8H2,1H3/i1D2. The number of carbonyl (C=O) groups excluding carboxylic acids is 1. The van der Waals surface area contributed by atoms with Crippen LogP contribution in [0.2, 0.25) is 0 Å². The summed E-state index contributed by atoms with van der Waals surface area (Å²) < 4.78 is 14.1. The summed E-state index contributed by atoms with van der Waals surface area (Å²) in [5.41, 5.74) is 0.767. The first-order valence-electron chi connectivity index (χ1n) is 8.54. The Hall–Kier alpha value is -2.32. The predicted molar refractivity (Wildman–Crippen MR) is 80.2 cm³/mol. The van der Waals surface area contributed by atoms with Gasteiger partial charge in [0.2, 0.25) is 0 Å². The third-order valence-corrected chi connectivity index (χ3v) is 4.71. The molecule has 2 fully saturated rings. The van der Waals surface area contributed by atoms with Crippen LogP contribution in [-0.4, -0.2) is 52.1 Å². The van der Waals surface area contributed by atoms with Gasteiger partial charge in [0.05, 0.1) is 21.0 Å². The van der Waals surface area contributed by atoms with E-state index in [2.05, 4.69) is 25.2 Å². The Labute approximate surface area is 135 Å². The lowest BCUT2D eigenvalue weighted by molar-refractivity contribution is -0.227. The number of amides is 1. The average Bonchev–Trinajstić information content (AvgIpc) is 2.85. The fourth-order valence-corrected chi connectivity index (χ4v) is 3.81. The lowest BCUT2D eigenvalue weighted by Crippen LogP contribution is -2.60. The Morgan fingerprint density at radius 1 is 1.57 bits per heavy atom. The number of pyridine rings is 1. The first-order chi connectivity index (χ1) is 12.1. The molecule has 2 aromatic heterocycles. The van der Waals surface area contributed by atoms with Gasteiger partial charge < -0.3 is 5.32 Å². The van der Waals surface area contributed by atoms with Crippen LogP contribution in [0.3, 0.4) is 0 Å². The van der Waals surface area contributed by atoms with Crippen molar-refractivity contribution in [3.05, 3.63) is 30.5 Å². The zero-order chi connectivity index (χ0) is 17.4. The first kappa shape index (κ1) is 12.1. The lowest BCUT2D eigenvalue weighted by atomic mass is 9.89.